The number of aromatic amines is 1. The minimum atomic E-state index is -0.947. The maximum absolute atomic E-state index is 10.4. The van der Waals surface area contributed by atoms with Gasteiger partial charge in [0.15, 0.2) is 6.29 Å². The lowest BCUT2D eigenvalue weighted by atomic mass is 10.1. The summed E-state index contributed by atoms with van der Waals surface area (Å²) in [5.74, 6) is 0. The molecule has 0 aromatic carbocycles. The molecular weight excluding hydrogens is 250 g/mol. The van der Waals surface area contributed by atoms with Crippen molar-refractivity contribution in [3.8, 4) is 0 Å². The van der Waals surface area contributed by atoms with Crippen molar-refractivity contribution < 1.29 is 15.0 Å². The molecule has 2 unspecified atom stereocenters. The Morgan fingerprint density at radius 2 is 2.29 bits per heavy atom. The predicted octanol–water partition coefficient (Wildman–Crippen LogP) is 1.01. The number of aromatic nitrogens is 1. The lowest BCUT2D eigenvalue weighted by Crippen LogP contribution is -2.18. The van der Waals surface area contributed by atoms with Gasteiger partial charge in [0.25, 0.3) is 0 Å². The van der Waals surface area contributed by atoms with Gasteiger partial charge in [-0.3, -0.25) is 4.79 Å². The Labute approximate surface area is 90.1 Å². The highest BCUT2D eigenvalue weighted by Crippen LogP contribution is 2.19. The van der Waals surface area contributed by atoms with Crippen LogP contribution in [0.1, 0.15) is 28.6 Å². The lowest BCUT2D eigenvalue weighted by molar-refractivity contribution is 0.0174. The molecule has 0 fully saturated rings. The molecule has 78 valence electrons. The van der Waals surface area contributed by atoms with Crippen molar-refractivity contribution in [1.29, 1.82) is 0 Å². The second kappa shape index (κ2) is 5.29. The molecule has 0 spiro atoms. The molecule has 1 heterocycles. The topological polar surface area (TPSA) is 73.3 Å². The first kappa shape index (κ1) is 11.4. The smallest absolute Gasteiger partial charge is 0.166 e. The Morgan fingerprint density at radius 3 is 2.79 bits per heavy atom. The number of hydrogen-bond acceptors (Lipinski definition) is 3. The number of hydrogen-bond donors (Lipinski definition) is 3. The van der Waals surface area contributed by atoms with Crippen LogP contribution in [0, 0.1) is 0 Å². The number of halogens is 1. The Balaban J connectivity index is 2.67. The van der Waals surface area contributed by atoms with Crippen LogP contribution in [0.3, 0.4) is 0 Å². The fraction of sp³-hybridized carbons (Fsp3) is 0.444. The first-order chi connectivity index (χ1) is 6.69. The van der Waals surface area contributed by atoms with Gasteiger partial charge >= 0.3 is 0 Å². The third kappa shape index (κ3) is 2.67. The van der Waals surface area contributed by atoms with E-state index >= 15 is 0 Å². The minimum Gasteiger partial charge on any atom is -0.390 e. The summed E-state index contributed by atoms with van der Waals surface area (Å²) >= 11 is 3.17. The summed E-state index contributed by atoms with van der Waals surface area (Å²) in [4.78, 5) is 13.0. The summed E-state index contributed by atoms with van der Waals surface area (Å²) in [6.07, 6.45) is 0.879. The van der Waals surface area contributed by atoms with Gasteiger partial charge < -0.3 is 15.2 Å². The van der Waals surface area contributed by atoms with Crippen molar-refractivity contribution in [3.63, 3.8) is 0 Å². The lowest BCUT2D eigenvalue weighted by Gasteiger charge is -2.15. The molecule has 0 radical (unpaired) electrons. The van der Waals surface area contributed by atoms with Crippen LogP contribution in [0.15, 0.2) is 12.3 Å². The zero-order valence-electron chi connectivity index (χ0n) is 7.48. The molecule has 1 aromatic heterocycles. The highest BCUT2D eigenvalue weighted by Gasteiger charge is 2.18. The molecule has 14 heavy (non-hydrogen) atoms. The zero-order chi connectivity index (χ0) is 10.6. The average Bonchev–Trinajstić information content (AvgIpc) is 2.65. The number of aliphatic hydroxyl groups is 2. The van der Waals surface area contributed by atoms with E-state index in [0.717, 1.165) is 0 Å². The van der Waals surface area contributed by atoms with Gasteiger partial charge in [-0.25, -0.2) is 0 Å². The van der Waals surface area contributed by atoms with Crippen LogP contribution in [0.2, 0.25) is 0 Å². The van der Waals surface area contributed by atoms with Crippen LogP contribution in [-0.2, 0) is 0 Å². The number of carbonyl (C=O) groups is 1. The average molecular weight is 262 g/mol. The molecule has 0 saturated heterocycles. The van der Waals surface area contributed by atoms with E-state index < -0.39 is 12.2 Å². The van der Waals surface area contributed by atoms with Crippen LogP contribution in [0.25, 0.3) is 0 Å². The first-order valence-electron chi connectivity index (χ1n) is 4.24. The van der Waals surface area contributed by atoms with E-state index in [-0.39, 0.29) is 0 Å². The molecule has 1 aromatic rings. The summed E-state index contributed by atoms with van der Waals surface area (Å²) in [7, 11) is 0. The maximum Gasteiger partial charge on any atom is 0.166 e. The highest BCUT2D eigenvalue weighted by atomic mass is 79.9. The van der Waals surface area contributed by atoms with Crippen molar-refractivity contribution in [3.05, 3.63) is 23.5 Å². The fourth-order valence-electron chi connectivity index (χ4n) is 1.16. The molecule has 0 bridgehead atoms. The number of nitrogens with one attached hydrogen (secondary N) is 1. The zero-order valence-corrected chi connectivity index (χ0v) is 9.07. The highest BCUT2D eigenvalue weighted by molar-refractivity contribution is 9.09. The van der Waals surface area contributed by atoms with Crippen LogP contribution >= 0.6 is 15.9 Å². The monoisotopic (exact) mass is 261 g/mol. The van der Waals surface area contributed by atoms with Crippen molar-refractivity contribution >= 4 is 22.2 Å². The van der Waals surface area contributed by atoms with Gasteiger partial charge in [0.2, 0.25) is 0 Å². The van der Waals surface area contributed by atoms with Crippen LogP contribution in [0.4, 0.5) is 0 Å². The summed E-state index contributed by atoms with van der Waals surface area (Å²) < 4.78 is 0. The van der Waals surface area contributed by atoms with Crippen LogP contribution in [-0.4, -0.2) is 32.9 Å². The van der Waals surface area contributed by atoms with Gasteiger partial charge in [-0.05, 0) is 12.5 Å². The quantitative estimate of drug-likeness (QED) is 0.547. The molecule has 3 N–H and O–H groups in total. The summed E-state index contributed by atoms with van der Waals surface area (Å²) in [5.41, 5.74) is 0.922. The minimum absolute atomic E-state index is 0.394. The molecule has 0 aliphatic carbocycles. The number of H-pyrrole nitrogens is 1. The third-order valence-electron chi connectivity index (χ3n) is 1.97. The van der Waals surface area contributed by atoms with Crippen LogP contribution in [0.5, 0.6) is 0 Å². The molecule has 2 atom stereocenters. The van der Waals surface area contributed by atoms with Crippen LogP contribution < -0.4 is 0 Å². The number of alkyl halides is 1. The van der Waals surface area contributed by atoms with Gasteiger partial charge in [0.05, 0.1) is 11.8 Å². The van der Waals surface area contributed by atoms with E-state index in [2.05, 4.69) is 20.9 Å². The van der Waals surface area contributed by atoms with Crippen molar-refractivity contribution in [1.82, 2.24) is 4.98 Å². The molecule has 4 nitrogen and oxygen atoms in total. The van der Waals surface area contributed by atoms with Crippen molar-refractivity contribution in [2.45, 2.75) is 18.6 Å². The predicted molar refractivity (Wildman–Crippen MR) is 55.6 cm³/mol. The SMILES string of the molecule is O=Cc1cc(C(O)C(O)CCBr)c[nH]1. The molecular formula is C9H12BrNO3. The molecule has 0 saturated carbocycles. The van der Waals surface area contributed by atoms with Gasteiger partial charge in [-0.1, -0.05) is 15.9 Å². The van der Waals surface area contributed by atoms with E-state index in [0.29, 0.717) is 29.3 Å². The van der Waals surface area contributed by atoms with Crippen molar-refractivity contribution in [2.24, 2.45) is 0 Å². The number of rotatable bonds is 5. The first-order valence-corrected chi connectivity index (χ1v) is 5.36. The van der Waals surface area contributed by atoms with E-state index in [1.54, 1.807) is 0 Å². The summed E-state index contributed by atoms with van der Waals surface area (Å²) in [6, 6.07) is 1.52. The largest absolute Gasteiger partial charge is 0.390 e. The molecule has 0 aliphatic rings. The van der Waals surface area contributed by atoms with E-state index in [1.807, 2.05) is 0 Å². The standard InChI is InChI=1S/C9H12BrNO3/c10-2-1-8(13)9(14)6-3-7(5-12)11-4-6/h3-5,8-9,11,13-14H,1-2H2. The van der Waals surface area contributed by atoms with E-state index in [9.17, 15) is 15.0 Å². The molecule has 0 aliphatic heterocycles. The Bertz CT molecular complexity index is 300. The number of carbonyl (C=O) groups excluding carboxylic acids is 1. The van der Waals surface area contributed by atoms with E-state index in [1.165, 1.54) is 12.3 Å². The molecule has 1 rings (SSSR count). The van der Waals surface area contributed by atoms with Gasteiger partial charge in [-0.2, -0.15) is 0 Å². The Kier molecular flexibility index (Phi) is 4.31. The second-order valence-corrected chi connectivity index (χ2v) is 3.79. The maximum atomic E-state index is 10.4. The molecule has 5 heteroatoms. The van der Waals surface area contributed by atoms with Gasteiger partial charge in [0.1, 0.15) is 6.10 Å². The second-order valence-electron chi connectivity index (χ2n) is 3.00. The van der Waals surface area contributed by atoms with Gasteiger partial charge in [-0.15, -0.1) is 0 Å². The number of aldehydes is 1. The van der Waals surface area contributed by atoms with E-state index in [4.69, 9.17) is 0 Å². The van der Waals surface area contributed by atoms with Gasteiger partial charge in [0, 0.05) is 17.1 Å². The normalized spacial score (nSPS) is 15.1. The third-order valence-corrected chi connectivity index (χ3v) is 2.42. The Morgan fingerprint density at radius 1 is 1.57 bits per heavy atom. The summed E-state index contributed by atoms with van der Waals surface area (Å²) in [5, 5.41) is 19.7. The fourth-order valence-corrected chi connectivity index (χ4v) is 1.63. The molecule has 0 amide bonds. The number of aliphatic hydroxyl groups excluding tert-OH is 2. The Hall–Kier alpha value is -0.650. The summed E-state index contributed by atoms with van der Waals surface area (Å²) in [6.45, 7) is 0. The van der Waals surface area contributed by atoms with Crippen molar-refractivity contribution in [2.75, 3.05) is 5.33 Å².